The van der Waals surface area contributed by atoms with Crippen LogP contribution in [0.4, 0.5) is 10.5 Å². The van der Waals surface area contributed by atoms with Gasteiger partial charge in [0.1, 0.15) is 0 Å². The van der Waals surface area contributed by atoms with Crippen molar-refractivity contribution in [3.63, 3.8) is 0 Å². The molecule has 0 aliphatic carbocycles. The summed E-state index contributed by atoms with van der Waals surface area (Å²) in [6.45, 7) is 11.2. The molecule has 2 heterocycles. The molecule has 0 radical (unpaired) electrons. The zero-order chi connectivity index (χ0) is 17.8. The number of hydrogen-bond donors (Lipinski definition) is 1. The summed E-state index contributed by atoms with van der Waals surface area (Å²) in [4.78, 5) is 17.1. The summed E-state index contributed by atoms with van der Waals surface area (Å²) in [5.41, 5.74) is 2.35. The number of piperidine rings is 1. The van der Waals surface area contributed by atoms with Crippen LogP contribution in [0.1, 0.15) is 45.6 Å². The highest BCUT2D eigenvalue weighted by atomic mass is 16.2. The van der Waals surface area contributed by atoms with E-state index in [0.29, 0.717) is 0 Å². The number of nitrogens with one attached hydrogen (secondary N) is 1. The minimum absolute atomic E-state index is 0.0534. The number of carbonyl (C=O) groups excluding carboxylic acids is 1. The molecule has 3 atom stereocenters. The third kappa shape index (κ3) is 4.55. The lowest BCUT2D eigenvalue weighted by molar-refractivity contribution is 0.139. The molecule has 3 unspecified atom stereocenters. The van der Waals surface area contributed by atoms with E-state index in [4.69, 9.17) is 0 Å². The van der Waals surface area contributed by atoms with Crippen molar-refractivity contribution in [3.8, 4) is 0 Å². The number of para-hydroxylation sites is 1. The smallest absolute Gasteiger partial charge is 0.322 e. The second-order valence-corrected chi connectivity index (χ2v) is 8.20. The van der Waals surface area contributed by atoms with Gasteiger partial charge in [0.2, 0.25) is 0 Å². The first-order valence-corrected chi connectivity index (χ1v) is 9.92. The van der Waals surface area contributed by atoms with Crippen molar-refractivity contribution in [2.45, 2.75) is 52.5 Å². The molecule has 1 fully saturated rings. The Labute approximate surface area is 152 Å². The van der Waals surface area contributed by atoms with Crippen molar-refractivity contribution in [2.24, 2.45) is 11.8 Å². The van der Waals surface area contributed by atoms with E-state index in [9.17, 15) is 4.79 Å². The Morgan fingerprint density at radius 1 is 1.12 bits per heavy atom. The Morgan fingerprint density at radius 2 is 1.84 bits per heavy atom. The van der Waals surface area contributed by atoms with Gasteiger partial charge in [-0.1, -0.05) is 32.0 Å². The van der Waals surface area contributed by atoms with Gasteiger partial charge in [-0.3, -0.25) is 4.90 Å². The summed E-state index contributed by atoms with van der Waals surface area (Å²) in [6, 6.07) is 8.54. The number of benzene rings is 1. The number of anilines is 1. The second kappa shape index (κ2) is 8.22. The molecule has 2 aliphatic heterocycles. The number of carbonyl (C=O) groups is 1. The van der Waals surface area contributed by atoms with Crippen LogP contribution in [0, 0.1) is 11.8 Å². The highest BCUT2D eigenvalue weighted by molar-refractivity contribution is 5.94. The van der Waals surface area contributed by atoms with Gasteiger partial charge in [-0.25, -0.2) is 4.79 Å². The normalized spacial score (nSPS) is 26.5. The fourth-order valence-electron chi connectivity index (χ4n) is 4.59. The van der Waals surface area contributed by atoms with Crippen LogP contribution >= 0.6 is 0 Å². The van der Waals surface area contributed by atoms with E-state index >= 15 is 0 Å². The Balaban J connectivity index is 1.39. The third-order valence-corrected chi connectivity index (χ3v) is 5.55. The molecule has 25 heavy (non-hydrogen) atoms. The number of hydrogen-bond acceptors (Lipinski definition) is 2. The lowest BCUT2D eigenvalue weighted by atomic mass is 9.92. The van der Waals surface area contributed by atoms with E-state index in [-0.39, 0.29) is 12.1 Å². The summed E-state index contributed by atoms with van der Waals surface area (Å²) in [5.74, 6) is 1.64. The molecule has 0 bridgehead atoms. The van der Waals surface area contributed by atoms with Crippen molar-refractivity contribution in [2.75, 3.05) is 31.1 Å². The van der Waals surface area contributed by atoms with Gasteiger partial charge in [0, 0.05) is 31.4 Å². The molecule has 138 valence electrons. The maximum atomic E-state index is 12.6. The van der Waals surface area contributed by atoms with Crippen LogP contribution in [0.5, 0.6) is 0 Å². The summed E-state index contributed by atoms with van der Waals surface area (Å²) in [5, 5.41) is 3.12. The molecular formula is C21H33N3O. The van der Waals surface area contributed by atoms with E-state index in [1.807, 2.05) is 11.0 Å². The number of amides is 2. The largest absolute Gasteiger partial charge is 0.338 e. The Kier molecular flexibility index (Phi) is 6.00. The first-order chi connectivity index (χ1) is 12.0. The molecule has 4 nitrogen and oxygen atoms in total. The average molecular weight is 344 g/mol. The van der Waals surface area contributed by atoms with Crippen LogP contribution in [-0.4, -0.2) is 43.2 Å². The van der Waals surface area contributed by atoms with Gasteiger partial charge in [-0.15, -0.1) is 0 Å². The number of likely N-dealkylation sites (tertiary alicyclic amines) is 1. The van der Waals surface area contributed by atoms with Gasteiger partial charge in [-0.05, 0) is 62.6 Å². The molecular weight excluding hydrogens is 310 g/mol. The maximum absolute atomic E-state index is 12.6. The van der Waals surface area contributed by atoms with Crippen LogP contribution in [0.3, 0.4) is 0 Å². The Hall–Kier alpha value is -1.55. The third-order valence-electron chi connectivity index (χ3n) is 5.55. The van der Waals surface area contributed by atoms with Crippen molar-refractivity contribution >= 4 is 11.7 Å². The van der Waals surface area contributed by atoms with Crippen LogP contribution in [0.15, 0.2) is 24.3 Å². The first-order valence-electron chi connectivity index (χ1n) is 9.92. The number of urea groups is 1. The molecule has 4 heteroatoms. The number of fused-ring (bicyclic) bond motifs is 1. The van der Waals surface area contributed by atoms with Crippen molar-refractivity contribution in [3.05, 3.63) is 29.8 Å². The van der Waals surface area contributed by atoms with Crippen molar-refractivity contribution in [1.29, 1.82) is 0 Å². The van der Waals surface area contributed by atoms with E-state index in [1.165, 1.54) is 25.1 Å². The SMILES string of the molecule is CC1CC(C)CN(CCCCNC(=O)N2c3ccccc3CC2C)C1. The van der Waals surface area contributed by atoms with Crippen LogP contribution in [0.25, 0.3) is 0 Å². The summed E-state index contributed by atoms with van der Waals surface area (Å²) >= 11 is 0. The average Bonchev–Trinajstić information content (AvgIpc) is 2.89. The standard InChI is InChI=1S/C21H33N3O/c1-16-12-17(2)15-23(14-16)11-7-6-10-22-21(25)24-18(3)13-19-8-4-5-9-20(19)24/h4-5,8-9,16-18H,6-7,10-15H2,1-3H3,(H,22,25). The lowest BCUT2D eigenvalue weighted by Crippen LogP contribution is -2.43. The number of rotatable bonds is 5. The number of nitrogens with zero attached hydrogens (tertiary/aromatic N) is 2. The fourth-order valence-corrected chi connectivity index (χ4v) is 4.59. The topological polar surface area (TPSA) is 35.6 Å². The van der Waals surface area contributed by atoms with Crippen LogP contribution < -0.4 is 10.2 Å². The van der Waals surface area contributed by atoms with Gasteiger partial charge in [0.05, 0.1) is 0 Å². The van der Waals surface area contributed by atoms with Gasteiger partial charge in [0.15, 0.2) is 0 Å². The van der Waals surface area contributed by atoms with Crippen molar-refractivity contribution < 1.29 is 4.79 Å². The molecule has 0 spiro atoms. The molecule has 2 aliphatic rings. The van der Waals surface area contributed by atoms with E-state index in [1.54, 1.807) is 0 Å². The van der Waals surface area contributed by atoms with Gasteiger partial charge < -0.3 is 10.2 Å². The minimum atomic E-state index is 0.0534. The predicted octanol–water partition coefficient (Wildman–Crippen LogP) is 3.91. The molecule has 1 aromatic rings. The Bertz CT molecular complexity index is 578. The summed E-state index contributed by atoms with van der Waals surface area (Å²) in [7, 11) is 0. The second-order valence-electron chi connectivity index (χ2n) is 8.20. The zero-order valence-corrected chi connectivity index (χ0v) is 16.0. The van der Waals surface area contributed by atoms with E-state index < -0.39 is 0 Å². The zero-order valence-electron chi connectivity index (χ0n) is 16.0. The minimum Gasteiger partial charge on any atom is -0.338 e. The highest BCUT2D eigenvalue weighted by Crippen LogP contribution is 2.31. The molecule has 1 aromatic carbocycles. The quantitative estimate of drug-likeness (QED) is 0.823. The number of unbranched alkanes of at least 4 members (excludes halogenated alkanes) is 1. The highest BCUT2D eigenvalue weighted by Gasteiger charge is 2.30. The fraction of sp³-hybridized carbons (Fsp3) is 0.667. The molecule has 0 saturated carbocycles. The van der Waals surface area contributed by atoms with Gasteiger partial charge >= 0.3 is 6.03 Å². The molecule has 1 N–H and O–H groups in total. The monoisotopic (exact) mass is 343 g/mol. The summed E-state index contributed by atoms with van der Waals surface area (Å²) in [6.07, 6.45) is 4.53. The lowest BCUT2D eigenvalue weighted by Gasteiger charge is -2.35. The van der Waals surface area contributed by atoms with Crippen LogP contribution in [0.2, 0.25) is 0 Å². The Morgan fingerprint density at radius 3 is 2.60 bits per heavy atom. The van der Waals surface area contributed by atoms with Gasteiger partial charge in [-0.2, -0.15) is 0 Å². The predicted molar refractivity (Wildman–Crippen MR) is 104 cm³/mol. The van der Waals surface area contributed by atoms with Crippen molar-refractivity contribution in [1.82, 2.24) is 10.2 Å². The molecule has 2 amide bonds. The molecule has 1 saturated heterocycles. The van der Waals surface area contributed by atoms with E-state index in [0.717, 1.165) is 49.9 Å². The van der Waals surface area contributed by atoms with Crippen LogP contribution in [-0.2, 0) is 6.42 Å². The molecule has 0 aromatic heterocycles. The first kappa shape index (κ1) is 18.2. The summed E-state index contributed by atoms with van der Waals surface area (Å²) < 4.78 is 0. The molecule has 3 rings (SSSR count). The van der Waals surface area contributed by atoms with E-state index in [2.05, 4.69) is 49.2 Å². The van der Waals surface area contributed by atoms with Gasteiger partial charge in [0.25, 0.3) is 0 Å². The maximum Gasteiger partial charge on any atom is 0.322 e.